The summed E-state index contributed by atoms with van der Waals surface area (Å²) in [6.45, 7) is 0. The molecule has 0 atom stereocenters. The van der Waals surface area contributed by atoms with E-state index in [4.69, 9.17) is 11.6 Å². The van der Waals surface area contributed by atoms with Crippen LogP contribution in [0.5, 0.6) is 0 Å². The van der Waals surface area contributed by atoms with E-state index in [1.165, 1.54) is 18.2 Å². The van der Waals surface area contributed by atoms with Crippen LogP contribution in [0.3, 0.4) is 0 Å². The average molecular weight is 362 g/mol. The fraction of sp³-hybridized carbons (Fsp3) is 0. The van der Waals surface area contributed by atoms with E-state index in [1.807, 2.05) is 0 Å². The number of para-hydroxylation sites is 1. The third-order valence-corrected chi connectivity index (χ3v) is 3.84. The molecule has 3 rings (SSSR count). The van der Waals surface area contributed by atoms with Gasteiger partial charge in [-0.3, -0.25) is 4.79 Å². The summed E-state index contributed by atoms with van der Waals surface area (Å²) in [4.78, 5) is 12.1. The number of anilines is 1. The standard InChI is InChI=1S/C19H11ClF3NO/c20-13-7-4-11(5-8-13)14-9-6-12(10-17(14)23)19(25)24-18-15(21)2-1-3-16(18)22/h1-10H,(H,24,25). The minimum Gasteiger partial charge on any atom is -0.317 e. The minimum atomic E-state index is -0.911. The lowest BCUT2D eigenvalue weighted by Gasteiger charge is -2.09. The number of hydrogen-bond donors (Lipinski definition) is 1. The Morgan fingerprint density at radius 3 is 2.08 bits per heavy atom. The van der Waals surface area contributed by atoms with Crippen molar-refractivity contribution in [2.45, 2.75) is 0 Å². The van der Waals surface area contributed by atoms with Crippen LogP contribution >= 0.6 is 11.6 Å². The summed E-state index contributed by atoms with van der Waals surface area (Å²) in [6.07, 6.45) is 0. The molecular formula is C19H11ClF3NO. The molecule has 0 heterocycles. The highest BCUT2D eigenvalue weighted by atomic mass is 35.5. The van der Waals surface area contributed by atoms with Gasteiger partial charge in [0.25, 0.3) is 5.91 Å². The number of hydrogen-bond acceptors (Lipinski definition) is 1. The molecule has 6 heteroatoms. The zero-order valence-electron chi connectivity index (χ0n) is 12.7. The Labute approximate surface area is 146 Å². The van der Waals surface area contributed by atoms with Gasteiger partial charge in [0.15, 0.2) is 0 Å². The molecule has 0 fully saturated rings. The molecule has 0 saturated carbocycles. The molecule has 3 aromatic carbocycles. The highest BCUT2D eigenvalue weighted by molar-refractivity contribution is 6.30. The van der Waals surface area contributed by atoms with Crippen LogP contribution in [0.2, 0.25) is 5.02 Å². The van der Waals surface area contributed by atoms with Gasteiger partial charge in [-0.15, -0.1) is 0 Å². The molecule has 0 aliphatic carbocycles. The van der Waals surface area contributed by atoms with E-state index in [9.17, 15) is 18.0 Å². The van der Waals surface area contributed by atoms with Gasteiger partial charge in [0, 0.05) is 16.1 Å². The van der Waals surface area contributed by atoms with Gasteiger partial charge < -0.3 is 5.32 Å². The van der Waals surface area contributed by atoms with Crippen molar-refractivity contribution in [1.82, 2.24) is 0 Å². The lowest BCUT2D eigenvalue weighted by molar-refractivity contribution is 0.102. The van der Waals surface area contributed by atoms with Crippen molar-refractivity contribution in [3.05, 3.63) is 88.7 Å². The fourth-order valence-corrected chi connectivity index (χ4v) is 2.45. The van der Waals surface area contributed by atoms with E-state index in [0.717, 1.165) is 18.2 Å². The van der Waals surface area contributed by atoms with Gasteiger partial charge in [-0.2, -0.15) is 0 Å². The molecule has 0 aliphatic rings. The predicted octanol–water partition coefficient (Wildman–Crippen LogP) is 5.68. The van der Waals surface area contributed by atoms with Crippen LogP contribution in [-0.2, 0) is 0 Å². The Bertz CT molecular complexity index is 922. The molecule has 0 radical (unpaired) electrons. The maximum Gasteiger partial charge on any atom is 0.255 e. The summed E-state index contributed by atoms with van der Waals surface area (Å²) in [5.74, 6) is -3.27. The fourth-order valence-electron chi connectivity index (χ4n) is 2.32. The third kappa shape index (κ3) is 3.67. The number of amides is 1. The van der Waals surface area contributed by atoms with Crippen molar-refractivity contribution in [2.24, 2.45) is 0 Å². The summed E-state index contributed by atoms with van der Waals surface area (Å²) in [6, 6.07) is 13.6. The van der Waals surface area contributed by atoms with Crippen LogP contribution < -0.4 is 5.32 Å². The largest absolute Gasteiger partial charge is 0.317 e. The first kappa shape index (κ1) is 17.0. The number of nitrogens with one attached hydrogen (secondary N) is 1. The van der Waals surface area contributed by atoms with Crippen molar-refractivity contribution < 1.29 is 18.0 Å². The van der Waals surface area contributed by atoms with E-state index < -0.39 is 29.0 Å². The van der Waals surface area contributed by atoms with Gasteiger partial charge in [-0.25, -0.2) is 13.2 Å². The smallest absolute Gasteiger partial charge is 0.255 e. The predicted molar refractivity (Wildman–Crippen MR) is 91.2 cm³/mol. The first-order valence-electron chi connectivity index (χ1n) is 7.26. The second kappa shape index (κ2) is 6.99. The van der Waals surface area contributed by atoms with E-state index in [2.05, 4.69) is 5.32 Å². The number of carbonyl (C=O) groups is 1. The van der Waals surface area contributed by atoms with Crippen LogP contribution in [0.4, 0.5) is 18.9 Å². The topological polar surface area (TPSA) is 29.1 Å². The van der Waals surface area contributed by atoms with E-state index in [-0.39, 0.29) is 11.1 Å². The lowest BCUT2D eigenvalue weighted by atomic mass is 10.0. The van der Waals surface area contributed by atoms with Crippen molar-refractivity contribution in [1.29, 1.82) is 0 Å². The molecule has 0 spiro atoms. The van der Waals surface area contributed by atoms with Gasteiger partial charge in [0.1, 0.15) is 23.1 Å². The van der Waals surface area contributed by atoms with Crippen molar-refractivity contribution in [3.63, 3.8) is 0 Å². The molecular weight excluding hydrogens is 351 g/mol. The SMILES string of the molecule is O=C(Nc1c(F)cccc1F)c1ccc(-c2ccc(Cl)cc2)c(F)c1. The maximum absolute atomic E-state index is 14.3. The molecule has 1 amide bonds. The Balaban J connectivity index is 1.87. The van der Waals surface area contributed by atoms with Gasteiger partial charge in [0.05, 0.1) is 0 Å². The first-order valence-corrected chi connectivity index (χ1v) is 7.64. The summed E-state index contributed by atoms with van der Waals surface area (Å²) in [5, 5.41) is 2.64. The Morgan fingerprint density at radius 1 is 0.840 bits per heavy atom. The lowest BCUT2D eigenvalue weighted by Crippen LogP contribution is -2.14. The number of benzene rings is 3. The Hall–Kier alpha value is -2.79. The normalized spacial score (nSPS) is 10.6. The molecule has 126 valence electrons. The summed E-state index contributed by atoms with van der Waals surface area (Å²) >= 11 is 5.80. The highest BCUT2D eigenvalue weighted by Crippen LogP contribution is 2.26. The molecule has 1 N–H and O–H groups in total. The zero-order chi connectivity index (χ0) is 18.0. The van der Waals surface area contributed by atoms with Crippen molar-refractivity contribution in [3.8, 4) is 11.1 Å². The molecule has 0 unspecified atom stereocenters. The number of carbonyl (C=O) groups excluding carboxylic acids is 1. The number of halogens is 4. The summed E-state index contributed by atoms with van der Waals surface area (Å²) in [7, 11) is 0. The van der Waals surface area contributed by atoms with E-state index in [1.54, 1.807) is 24.3 Å². The first-order chi connectivity index (χ1) is 12.0. The molecule has 0 bridgehead atoms. The van der Waals surface area contributed by atoms with Crippen LogP contribution in [0.15, 0.2) is 60.7 Å². The number of rotatable bonds is 3. The minimum absolute atomic E-state index is 0.0575. The zero-order valence-corrected chi connectivity index (χ0v) is 13.4. The van der Waals surface area contributed by atoms with Gasteiger partial charge in [-0.1, -0.05) is 35.9 Å². The van der Waals surface area contributed by atoms with Crippen LogP contribution in [-0.4, -0.2) is 5.91 Å². The third-order valence-electron chi connectivity index (χ3n) is 3.59. The van der Waals surface area contributed by atoms with Gasteiger partial charge in [0.2, 0.25) is 0 Å². The summed E-state index contributed by atoms with van der Waals surface area (Å²) < 4.78 is 41.5. The quantitative estimate of drug-likeness (QED) is 0.639. The van der Waals surface area contributed by atoms with Crippen molar-refractivity contribution in [2.75, 3.05) is 5.32 Å². The van der Waals surface area contributed by atoms with Gasteiger partial charge in [-0.05, 0) is 42.0 Å². The average Bonchev–Trinajstić information content (AvgIpc) is 2.59. The van der Waals surface area contributed by atoms with E-state index in [0.29, 0.717) is 10.6 Å². The maximum atomic E-state index is 14.3. The monoisotopic (exact) mass is 361 g/mol. The Morgan fingerprint density at radius 2 is 1.48 bits per heavy atom. The van der Waals surface area contributed by atoms with Crippen LogP contribution in [0.1, 0.15) is 10.4 Å². The molecule has 0 aliphatic heterocycles. The second-order valence-corrected chi connectivity index (χ2v) is 5.69. The van der Waals surface area contributed by atoms with Gasteiger partial charge >= 0.3 is 0 Å². The Kier molecular flexibility index (Phi) is 4.76. The van der Waals surface area contributed by atoms with Crippen molar-refractivity contribution >= 4 is 23.2 Å². The molecule has 0 aromatic heterocycles. The van der Waals surface area contributed by atoms with Crippen LogP contribution in [0.25, 0.3) is 11.1 Å². The van der Waals surface area contributed by atoms with Crippen LogP contribution in [0, 0.1) is 17.5 Å². The van der Waals surface area contributed by atoms with E-state index >= 15 is 0 Å². The molecule has 2 nitrogen and oxygen atoms in total. The molecule has 25 heavy (non-hydrogen) atoms. The molecule has 3 aromatic rings. The molecule has 0 saturated heterocycles. The highest BCUT2D eigenvalue weighted by Gasteiger charge is 2.15. The summed E-state index contributed by atoms with van der Waals surface area (Å²) in [5.41, 5.74) is 0.242. The second-order valence-electron chi connectivity index (χ2n) is 5.25.